The molecule has 0 spiro atoms. The molecule has 0 aliphatic rings. The first kappa shape index (κ1) is 18.7. The molecular weight excluding hydrogens is 385 g/mol. The van der Waals surface area contributed by atoms with Gasteiger partial charge in [0.15, 0.2) is 10.9 Å². The molecule has 132 valence electrons. The second kappa shape index (κ2) is 7.49. The molecule has 1 heterocycles. The summed E-state index contributed by atoms with van der Waals surface area (Å²) in [6, 6.07) is 5.17. The largest absolute Gasteiger partial charge is 0.433 e. The normalized spacial score (nSPS) is 11.5. The summed E-state index contributed by atoms with van der Waals surface area (Å²) in [6.07, 6.45) is -3.42. The van der Waals surface area contributed by atoms with Gasteiger partial charge in [0.05, 0.1) is 28.6 Å². The fraction of sp³-hybridized carbons (Fsp3) is 0.0769. The molecule has 0 aliphatic carbocycles. The van der Waals surface area contributed by atoms with Gasteiger partial charge in [-0.2, -0.15) is 18.3 Å². The van der Waals surface area contributed by atoms with Gasteiger partial charge in [0.2, 0.25) is 0 Å². The molecule has 0 amide bonds. The van der Waals surface area contributed by atoms with Crippen LogP contribution in [0.1, 0.15) is 11.3 Å². The lowest BCUT2D eigenvalue weighted by atomic mass is 10.2. The number of alkyl halides is 3. The van der Waals surface area contributed by atoms with Crippen LogP contribution in [0.5, 0.6) is 0 Å². The highest BCUT2D eigenvalue weighted by atomic mass is 35.5. The Balaban J connectivity index is 2.00. The van der Waals surface area contributed by atoms with E-state index in [0.29, 0.717) is 0 Å². The molecule has 0 fully saturated rings. The lowest BCUT2D eigenvalue weighted by Gasteiger charge is -2.12. The summed E-state index contributed by atoms with van der Waals surface area (Å²) in [6.45, 7) is 0. The second-order valence-electron chi connectivity index (χ2n) is 4.45. The number of hydrogen-bond acceptors (Lipinski definition) is 5. The second-order valence-corrected chi connectivity index (χ2v) is 5.27. The minimum absolute atomic E-state index is 0.0304. The highest BCUT2D eigenvalue weighted by Gasteiger charge is 2.31. The van der Waals surface area contributed by atoms with E-state index in [4.69, 9.17) is 28.2 Å². The van der Waals surface area contributed by atoms with Gasteiger partial charge in [-0.1, -0.05) is 11.6 Å². The number of hydrogen-bond donors (Lipinski definition) is 2. The molecule has 0 radical (unpaired) electrons. The molecule has 1 aromatic heterocycles. The van der Waals surface area contributed by atoms with E-state index >= 15 is 0 Å². The molecule has 0 unspecified atom stereocenters. The molecule has 25 heavy (non-hydrogen) atoms. The number of hydrazone groups is 1. The minimum Gasteiger partial charge on any atom is -0.400 e. The van der Waals surface area contributed by atoms with Crippen molar-refractivity contribution < 1.29 is 22.5 Å². The lowest BCUT2D eigenvalue weighted by molar-refractivity contribution is -0.402. The highest BCUT2D eigenvalue weighted by molar-refractivity contribution is 7.80. The van der Waals surface area contributed by atoms with Crippen molar-refractivity contribution in [3.05, 3.63) is 56.8 Å². The number of rotatable bonds is 4. The van der Waals surface area contributed by atoms with Crippen LogP contribution in [-0.2, 0) is 6.18 Å². The Morgan fingerprint density at radius 2 is 2.08 bits per heavy atom. The number of anilines is 1. The lowest BCUT2D eigenvalue weighted by Crippen LogP contribution is -2.24. The predicted octanol–water partition coefficient (Wildman–Crippen LogP) is 4.18. The van der Waals surface area contributed by atoms with E-state index in [9.17, 15) is 23.3 Å². The van der Waals surface area contributed by atoms with Crippen LogP contribution in [0.4, 0.5) is 24.7 Å². The molecule has 0 saturated heterocycles. The zero-order chi connectivity index (χ0) is 18.6. The Morgan fingerprint density at radius 1 is 1.36 bits per heavy atom. The van der Waals surface area contributed by atoms with Crippen molar-refractivity contribution in [3.8, 4) is 0 Å². The van der Waals surface area contributed by atoms with E-state index in [0.717, 1.165) is 30.5 Å². The Bertz CT molecular complexity index is 838. The summed E-state index contributed by atoms with van der Waals surface area (Å²) in [5.41, 5.74) is 1.37. The average Bonchev–Trinajstić information content (AvgIpc) is 2.97. The van der Waals surface area contributed by atoms with Crippen molar-refractivity contribution >= 4 is 46.7 Å². The molecule has 0 saturated carbocycles. The summed E-state index contributed by atoms with van der Waals surface area (Å²) >= 11 is 10.7. The van der Waals surface area contributed by atoms with Crippen LogP contribution in [0.15, 0.2) is 39.9 Å². The fourth-order valence-electron chi connectivity index (χ4n) is 1.61. The number of nitro groups is 1. The third-order valence-corrected chi connectivity index (χ3v) is 3.22. The van der Waals surface area contributed by atoms with Gasteiger partial charge in [-0.05, 0) is 36.5 Å². The van der Waals surface area contributed by atoms with E-state index in [1.54, 1.807) is 0 Å². The van der Waals surface area contributed by atoms with E-state index in [2.05, 4.69) is 15.8 Å². The van der Waals surface area contributed by atoms with E-state index < -0.39 is 22.5 Å². The van der Waals surface area contributed by atoms with E-state index in [-0.39, 0.29) is 21.6 Å². The SMILES string of the molecule is O=[N+]([O-])c1ccc(C=NNC(=S)Nc2cc(C(F)(F)F)ccc2Cl)o1. The van der Waals surface area contributed by atoms with Crippen LogP contribution >= 0.6 is 23.8 Å². The zero-order valence-electron chi connectivity index (χ0n) is 12.0. The molecule has 2 rings (SSSR count). The highest BCUT2D eigenvalue weighted by Crippen LogP contribution is 2.33. The van der Waals surface area contributed by atoms with Crippen LogP contribution in [0.3, 0.4) is 0 Å². The smallest absolute Gasteiger partial charge is 0.400 e. The third-order valence-electron chi connectivity index (χ3n) is 2.69. The Morgan fingerprint density at radius 3 is 2.68 bits per heavy atom. The predicted molar refractivity (Wildman–Crippen MR) is 88.8 cm³/mol. The van der Waals surface area contributed by atoms with Crippen molar-refractivity contribution in [2.75, 3.05) is 5.32 Å². The number of nitrogens with one attached hydrogen (secondary N) is 2. The van der Waals surface area contributed by atoms with Crippen molar-refractivity contribution in [2.45, 2.75) is 6.18 Å². The number of thiocarbonyl (C=S) groups is 1. The van der Waals surface area contributed by atoms with E-state index in [1.807, 2.05) is 0 Å². The van der Waals surface area contributed by atoms with Gasteiger partial charge >= 0.3 is 12.1 Å². The summed E-state index contributed by atoms with van der Waals surface area (Å²) in [7, 11) is 0. The molecule has 0 bridgehead atoms. The van der Waals surface area contributed by atoms with Gasteiger partial charge in [-0.25, -0.2) is 0 Å². The first-order valence-corrected chi connectivity index (χ1v) is 7.16. The number of halogens is 4. The van der Waals surface area contributed by atoms with Crippen LogP contribution in [0, 0.1) is 10.1 Å². The maximum absolute atomic E-state index is 12.7. The monoisotopic (exact) mass is 392 g/mol. The molecule has 2 aromatic rings. The Labute approximate surface area is 148 Å². The van der Waals surface area contributed by atoms with Gasteiger partial charge in [0, 0.05) is 0 Å². The van der Waals surface area contributed by atoms with Crippen LogP contribution in [0.2, 0.25) is 5.02 Å². The van der Waals surface area contributed by atoms with Gasteiger partial charge in [0.25, 0.3) is 0 Å². The van der Waals surface area contributed by atoms with E-state index in [1.165, 1.54) is 6.07 Å². The topological polar surface area (TPSA) is 92.7 Å². The summed E-state index contributed by atoms with van der Waals surface area (Å²) < 4.78 is 42.9. The number of furan rings is 1. The summed E-state index contributed by atoms with van der Waals surface area (Å²) in [5, 5.41) is 16.5. The molecule has 7 nitrogen and oxygen atoms in total. The zero-order valence-corrected chi connectivity index (χ0v) is 13.6. The molecule has 2 N–H and O–H groups in total. The minimum atomic E-state index is -4.53. The molecule has 0 atom stereocenters. The Hall–Kier alpha value is -2.66. The van der Waals surface area contributed by atoms with Crippen molar-refractivity contribution in [1.29, 1.82) is 0 Å². The molecule has 12 heteroatoms. The maximum Gasteiger partial charge on any atom is 0.433 e. The van der Waals surface area contributed by atoms with Crippen LogP contribution in [0.25, 0.3) is 0 Å². The van der Waals surface area contributed by atoms with Gasteiger partial charge < -0.3 is 9.73 Å². The standard InChI is InChI=1S/C13H8ClF3N4O3S/c14-9-3-1-7(13(15,16)17)5-10(9)19-12(25)20-18-6-8-2-4-11(24-8)21(22)23/h1-6H,(H2,19,20,25). The first-order chi connectivity index (χ1) is 11.7. The molecule has 0 aliphatic heterocycles. The Kier molecular flexibility index (Phi) is 5.59. The van der Waals surface area contributed by atoms with Crippen LogP contribution < -0.4 is 10.7 Å². The molecular formula is C13H8ClF3N4O3S. The fourth-order valence-corrected chi connectivity index (χ4v) is 1.94. The number of nitrogens with zero attached hydrogens (tertiary/aromatic N) is 2. The van der Waals surface area contributed by atoms with Gasteiger partial charge in [0.1, 0.15) is 4.92 Å². The third kappa shape index (κ3) is 5.16. The van der Waals surface area contributed by atoms with Crippen molar-refractivity contribution in [3.63, 3.8) is 0 Å². The van der Waals surface area contributed by atoms with Crippen LogP contribution in [-0.4, -0.2) is 16.3 Å². The summed E-state index contributed by atoms with van der Waals surface area (Å²) in [5.74, 6) is -0.378. The van der Waals surface area contributed by atoms with Crippen molar-refractivity contribution in [1.82, 2.24) is 5.43 Å². The first-order valence-electron chi connectivity index (χ1n) is 6.38. The van der Waals surface area contributed by atoms with Gasteiger partial charge in [-0.15, -0.1) is 0 Å². The summed E-state index contributed by atoms with van der Waals surface area (Å²) in [4.78, 5) is 9.74. The quantitative estimate of drug-likeness (QED) is 0.351. The molecule has 1 aromatic carbocycles. The van der Waals surface area contributed by atoms with Gasteiger partial charge in [-0.3, -0.25) is 15.5 Å². The average molecular weight is 393 g/mol. The van der Waals surface area contributed by atoms with Crippen molar-refractivity contribution in [2.24, 2.45) is 5.10 Å². The maximum atomic E-state index is 12.7. The number of benzene rings is 1.